The molecule has 0 amide bonds. The van der Waals surface area contributed by atoms with Crippen LogP contribution in [0.2, 0.25) is 0 Å². The average molecular weight is 277 g/mol. The number of nitrogens with zero attached hydrogens (tertiary/aromatic N) is 2. The maximum absolute atomic E-state index is 4.17. The van der Waals surface area contributed by atoms with Gasteiger partial charge in [0.05, 0.1) is 0 Å². The highest BCUT2D eigenvalue weighted by atomic mass is 32.2. The molecule has 0 bridgehead atoms. The molecule has 1 heterocycles. The lowest BCUT2D eigenvalue weighted by atomic mass is 10.2. The highest BCUT2D eigenvalue weighted by molar-refractivity contribution is 8.01. The molecule has 2 rings (SSSR count). The van der Waals surface area contributed by atoms with Gasteiger partial charge >= 0.3 is 0 Å². The van der Waals surface area contributed by atoms with E-state index in [1.165, 1.54) is 5.56 Å². The van der Waals surface area contributed by atoms with Gasteiger partial charge in [0.1, 0.15) is 0 Å². The van der Waals surface area contributed by atoms with Crippen LogP contribution in [0.4, 0.5) is 5.13 Å². The molecule has 1 N–H and O–H groups in total. The lowest BCUT2D eigenvalue weighted by Gasteiger charge is -2.08. The molecule has 1 aromatic carbocycles. The van der Waals surface area contributed by atoms with E-state index in [0.29, 0.717) is 11.8 Å². The van der Waals surface area contributed by atoms with Gasteiger partial charge in [-0.25, -0.2) is 0 Å². The molecule has 0 aliphatic heterocycles. The molecule has 0 spiro atoms. The minimum absolute atomic E-state index is 0.381. The van der Waals surface area contributed by atoms with Crippen molar-refractivity contribution in [1.29, 1.82) is 0 Å². The van der Waals surface area contributed by atoms with Crippen molar-refractivity contribution in [2.75, 3.05) is 11.9 Å². The summed E-state index contributed by atoms with van der Waals surface area (Å²) in [7, 11) is 0. The van der Waals surface area contributed by atoms with Crippen LogP contribution in [0.1, 0.15) is 17.7 Å². The average Bonchev–Trinajstić information content (AvgIpc) is 2.85. The second-order valence-corrected chi connectivity index (χ2v) is 6.28. The Bertz CT molecular complexity index is 496. The fourth-order valence-corrected chi connectivity index (χ4v) is 3.46. The Kier molecular flexibility index (Phi) is 4.78. The first-order valence-electron chi connectivity index (χ1n) is 5.69. The molecular weight excluding hydrogens is 262 g/mol. The normalized spacial score (nSPS) is 12.1. The van der Waals surface area contributed by atoms with Gasteiger partial charge in [0.15, 0.2) is 4.34 Å². The van der Waals surface area contributed by atoms with Crippen LogP contribution in [-0.4, -0.2) is 16.7 Å². The topological polar surface area (TPSA) is 37.8 Å². The monoisotopic (exact) mass is 277 g/mol. The van der Waals surface area contributed by atoms with E-state index in [4.69, 9.17) is 0 Å². The van der Waals surface area contributed by atoms with E-state index in [2.05, 4.69) is 53.3 Å². The summed E-state index contributed by atoms with van der Waals surface area (Å²) < 4.78 is 0.984. The van der Waals surface area contributed by atoms with Gasteiger partial charge in [-0.1, -0.05) is 59.5 Å². The number of thioether (sulfide) groups is 1. The van der Waals surface area contributed by atoms with Gasteiger partial charge in [-0.05, 0) is 12.5 Å². The van der Waals surface area contributed by atoms with Crippen molar-refractivity contribution in [2.24, 2.45) is 0 Å². The van der Waals surface area contributed by atoms with Crippen molar-refractivity contribution in [2.45, 2.75) is 16.5 Å². The van der Waals surface area contributed by atoms with E-state index in [0.717, 1.165) is 9.47 Å². The smallest absolute Gasteiger partial charge is 0.206 e. The third-order valence-electron chi connectivity index (χ3n) is 2.35. The first kappa shape index (κ1) is 13.1. The Morgan fingerprint density at radius 1 is 1.39 bits per heavy atom. The maximum atomic E-state index is 4.17. The second-order valence-electron chi connectivity index (χ2n) is 3.71. The zero-order valence-electron chi connectivity index (χ0n) is 10.2. The van der Waals surface area contributed by atoms with Crippen LogP contribution < -0.4 is 5.32 Å². The van der Waals surface area contributed by atoms with Crippen LogP contribution >= 0.6 is 23.1 Å². The van der Waals surface area contributed by atoms with Crippen LogP contribution in [0.25, 0.3) is 0 Å². The molecule has 0 fully saturated rings. The number of nitrogens with one attached hydrogen (secondary N) is 1. The molecule has 5 heteroatoms. The Hall–Kier alpha value is -1.33. The van der Waals surface area contributed by atoms with Crippen LogP contribution in [0.5, 0.6) is 0 Å². The van der Waals surface area contributed by atoms with E-state index in [9.17, 15) is 0 Å². The molecule has 0 saturated carbocycles. The zero-order chi connectivity index (χ0) is 12.8. The summed E-state index contributed by atoms with van der Waals surface area (Å²) in [5, 5.41) is 12.6. The van der Waals surface area contributed by atoms with Crippen LogP contribution in [0, 0.1) is 0 Å². The summed E-state index contributed by atoms with van der Waals surface area (Å²) in [6.45, 7) is 6.55. The molecule has 0 saturated heterocycles. The number of rotatable bonds is 6. The van der Waals surface area contributed by atoms with Crippen molar-refractivity contribution in [3.05, 3.63) is 48.6 Å². The van der Waals surface area contributed by atoms with Crippen LogP contribution in [-0.2, 0) is 0 Å². The van der Waals surface area contributed by atoms with Crippen molar-refractivity contribution in [3.8, 4) is 0 Å². The van der Waals surface area contributed by atoms with Gasteiger partial charge < -0.3 is 5.32 Å². The SMILES string of the molecule is C=CCNc1nnc(SC(C)c2ccccc2)s1. The summed E-state index contributed by atoms with van der Waals surface area (Å²) in [5.41, 5.74) is 1.30. The number of benzene rings is 1. The Labute approximate surface area is 115 Å². The van der Waals surface area contributed by atoms with Gasteiger partial charge in [0.25, 0.3) is 0 Å². The lowest BCUT2D eigenvalue weighted by molar-refractivity contribution is 0.996. The molecule has 94 valence electrons. The number of hydrogen-bond donors (Lipinski definition) is 1. The van der Waals surface area contributed by atoms with Crippen molar-refractivity contribution in [3.63, 3.8) is 0 Å². The third kappa shape index (κ3) is 3.58. The molecule has 0 aliphatic carbocycles. The molecule has 1 aromatic heterocycles. The van der Waals surface area contributed by atoms with Crippen molar-refractivity contribution >= 4 is 28.2 Å². The summed E-state index contributed by atoms with van der Waals surface area (Å²) in [5.74, 6) is 0. The van der Waals surface area contributed by atoms with E-state index < -0.39 is 0 Å². The quantitative estimate of drug-likeness (QED) is 0.640. The van der Waals surface area contributed by atoms with E-state index in [1.54, 1.807) is 29.2 Å². The maximum Gasteiger partial charge on any atom is 0.206 e. The fraction of sp³-hybridized carbons (Fsp3) is 0.231. The third-order valence-corrected chi connectivity index (χ3v) is 4.47. The fourth-order valence-electron chi connectivity index (χ4n) is 1.43. The Morgan fingerprint density at radius 3 is 2.89 bits per heavy atom. The van der Waals surface area contributed by atoms with Gasteiger partial charge in [-0.15, -0.1) is 16.8 Å². The lowest BCUT2D eigenvalue weighted by Crippen LogP contribution is -1.96. The van der Waals surface area contributed by atoms with Gasteiger partial charge in [0, 0.05) is 11.8 Å². The van der Waals surface area contributed by atoms with Crippen molar-refractivity contribution in [1.82, 2.24) is 10.2 Å². The molecule has 18 heavy (non-hydrogen) atoms. The van der Waals surface area contributed by atoms with E-state index in [1.807, 2.05) is 6.07 Å². The molecular formula is C13H15N3S2. The van der Waals surface area contributed by atoms with E-state index >= 15 is 0 Å². The first-order valence-corrected chi connectivity index (χ1v) is 7.39. The van der Waals surface area contributed by atoms with Crippen LogP contribution in [0.3, 0.4) is 0 Å². The summed E-state index contributed by atoms with van der Waals surface area (Å²) in [4.78, 5) is 0. The number of aromatic nitrogens is 2. The number of anilines is 1. The minimum Gasteiger partial charge on any atom is -0.357 e. The molecule has 0 aliphatic rings. The Morgan fingerprint density at radius 2 is 2.17 bits per heavy atom. The molecule has 2 aromatic rings. The van der Waals surface area contributed by atoms with Gasteiger partial charge in [-0.3, -0.25) is 0 Å². The second kappa shape index (κ2) is 6.56. The molecule has 0 radical (unpaired) electrons. The molecule has 1 unspecified atom stereocenters. The largest absolute Gasteiger partial charge is 0.357 e. The zero-order valence-corrected chi connectivity index (χ0v) is 11.8. The number of hydrogen-bond acceptors (Lipinski definition) is 5. The highest BCUT2D eigenvalue weighted by Crippen LogP contribution is 2.37. The minimum atomic E-state index is 0.381. The van der Waals surface area contributed by atoms with Crippen LogP contribution in [0.15, 0.2) is 47.3 Å². The summed E-state index contributed by atoms with van der Waals surface area (Å²) >= 11 is 3.31. The Balaban J connectivity index is 1.97. The van der Waals surface area contributed by atoms with Gasteiger partial charge in [-0.2, -0.15) is 0 Å². The summed E-state index contributed by atoms with van der Waals surface area (Å²) in [6.07, 6.45) is 1.81. The predicted molar refractivity (Wildman–Crippen MR) is 79.3 cm³/mol. The first-order chi connectivity index (χ1) is 8.79. The molecule has 3 nitrogen and oxygen atoms in total. The molecule has 1 atom stereocenters. The van der Waals surface area contributed by atoms with Gasteiger partial charge in [0.2, 0.25) is 5.13 Å². The van der Waals surface area contributed by atoms with Crippen molar-refractivity contribution < 1.29 is 0 Å². The predicted octanol–water partition coefficient (Wildman–Crippen LogP) is 3.99. The van der Waals surface area contributed by atoms with E-state index in [-0.39, 0.29) is 0 Å². The highest BCUT2D eigenvalue weighted by Gasteiger charge is 2.11. The summed E-state index contributed by atoms with van der Waals surface area (Å²) in [6, 6.07) is 10.4. The standard InChI is InChI=1S/C13H15N3S2/c1-3-9-14-12-15-16-13(18-12)17-10(2)11-7-5-4-6-8-11/h3-8,10H,1,9H2,2H3,(H,14,15).